The van der Waals surface area contributed by atoms with E-state index in [-0.39, 0.29) is 17.9 Å². The van der Waals surface area contributed by atoms with Crippen LogP contribution in [0.4, 0.5) is 5.69 Å². The van der Waals surface area contributed by atoms with Crippen LogP contribution in [0.15, 0.2) is 18.2 Å². The van der Waals surface area contributed by atoms with Gasteiger partial charge < -0.3 is 4.90 Å². The van der Waals surface area contributed by atoms with Crippen molar-refractivity contribution in [1.29, 1.82) is 0 Å². The van der Waals surface area contributed by atoms with Crippen LogP contribution in [0.1, 0.15) is 26.2 Å². The van der Waals surface area contributed by atoms with Crippen LogP contribution in [0.25, 0.3) is 0 Å². The molecule has 0 bridgehead atoms. The number of hydrogen-bond acceptors (Lipinski definition) is 2. The summed E-state index contributed by atoms with van der Waals surface area (Å²) in [7, 11) is 0. The predicted octanol–water partition coefficient (Wildman–Crippen LogP) is 3.11. The lowest BCUT2D eigenvalue weighted by Gasteiger charge is -2.46. The lowest BCUT2D eigenvalue weighted by Crippen LogP contribution is -2.65. The fourth-order valence-electron chi connectivity index (χ4n) is 3.15. The number of nitrogens with zero attached hydrogens (tertiary/aromatic N) is 2. The Morgan fingerprint density at radius 2 is 1.90 bits per heavy atom. The van der Waals surface area contributed by atoms with Crippen molar-refractivity contribution in [3.63, 3.8) is 0 Å². The third kappa shape index (κ3) is 2.40. The predicted molar refractivity (Wildman–Crippen MR) is 82.8 cm³/mol. The van der Waals surface area contributed by atoms with Gasteiger partial charge in [-0.2, -0.15) is 0 Å². The van der Waals surface area contributed by atoms with Gasteiger partial charge in [0.1, 0.15) is 12.1 Å². The fraction of sp³-hybridized carbons (Fsp3) is 0.467. The van der Waals surface area contributed by atoms with Crippen molar-refractivity contribution in [2.24, 2.45) is 0 Å². The van der Waals surface area contributed by atoms with E-state index < -0.39 is 6.04 Å². The maximum Gasteiger partial charge on any atom is 0.250 e. The molecule has 3 rings (SSSR count). The first kappa shape index (κ1) is 14.7. The van der Waals surface area contributed by atoms with Crippen molar-refractivity contribution >= 4 is 40.7 Å². The lowest BCUT2D eigenvalue weighted by atomic mass is 9.95. The zero-order chi connectivity index (χ0) is 15.1. The summed E-state index contributed by atoms with van der Waals surface area (Å²) in [5.74, 6) is -0.0821. The second kappa shape index (κ2) is 5.50. The van der Waals surface area contributed by atoms with E-state index in [1.165, 1.54) is 4.90 Å². The largest absolute Gasteiger partial charge is 0.329 e. The Morgan fingerprint density at radius 1 is 1.14 bits per heavy atom. The number of halogens is 2. The highest BCUT2D eigenvalue weighted by Gasteiger charge is 2.45. The molecule has 2 fully saturated rings. The van der Waals surface area contributed by atoms with Crippen molar-refractivity contribution < 1.29 is 9.59 Å². The van der Waals surface area contributed by atoms with Crippen LogP contribution in [0.5, 0.6) is 0 Å². The van der Waals surface area contributed by atoms with Crippen LogP contribution < -0.4 is 4.90 Å². The van der Waals surface area contributed by atoms with Gasteiger partial charge in [0.15, 0.2) is 0 Å². The molecule has 6 heteroatoms. The van der Waals surface area contributed by atoms with Gasteiger partial charge in [-0.05, 0) is 44.4 Å². The van der Waals surface area contributed by atoms with Crippen molar-refractivity contribution in [2.75, 3.05) is 11.4 Å². The van der Waals surface area contributed by atoms with Crippen molar-refractivity contribution in [2.45, 2.75) is 38.3 Å². The summed E-state index contributed by atoms with van der Waals surface area (Å²) in [6.45, 7) is 2.40. The first-order valence-electron chi connectivity index (χ1n) is 7.09. The smallest absolute Gasteiger partial charge is 0.250 e. The summed E-state index contributed by atoms with van der Waals surface area (Å²) in [6.07, 6.45) is 2.64. The number of piperazine rings is 1. The molecule has 21 heavy (non-hydrogen) atoms. The molecule has 2 heterocycles. The zero-order valence-electron chi connectivity index (χ0n) is 11.7. The van der Waals surface area contributed by atoms with Crippen LogP contribution in [0, 0.1) is 0 Å². The number of benzene rings is 1. The van der Waals surface area contributed by atoms with Gasteiger partial charge in [0.2, 0.25) is 5.91 Å². The number of hydrogen-bond donors (Lipinski definition) is 0. The summed E-state index contributed by atoms with van der Waals surface area (Å²) in [5.41, 5.74) is 0.514. The Kier molecular flexibility index (Phi) is 3.84. The average Bonchev–Trinajstić information content (AvgIpc) is 2.49. The van der Waals surface area contributed by atoms with Crippen LogP contribution in [-0.4, -0.2) is 35.3 Å². The van der Waals surface area contributed by atoms with E-state index in [1.54, 1.807) is 30.0 Å². The first-order valence-corrected chi connectivity index (χ1v) is 7.85. The third-order valence-corrected chi connectivity index (χ3v) is 4.78. The molecule has 2 atom stereocenters. The summed E-state index contributed by atoms with van der Waals surface area (Å²) in [5, 5.41) is 0.921. The Hall–Kier alpha value is -1.26. The number of anilines is 1. The van der Waals surface area contributed by atoms with Crippen molar-refractivity contribution in [1.82, 2.24) is 4.90 Å². The molecule has 2 aliphatic heterocycles. The average molecular weight is 327 g/mol. The maximum atomic E-state index is 12.8. The van der Waals surface area contributed by atoms with Crippen LogP contribution >= 0.6 is 23.2 Å². The van der Waals surface area contributed by atoms with E-state index in [2.05, 4.69) is 0 Å². The minimum Gasteiger partial charge on any atom is -0.329 e. The Balaban J connectivity index is 2.03. The molecule has 2 amide bonds. The molecule has 2 unspecified atom stereocenters. The quantitative estimate of drug-likeness (QED) is 0.795. The Bertz CT molecular complexity index is 605. The normalized spacial score (nSPS) is 26.0. The molecule has 1 aromatic rings. The van der Waals surface area contributed by atoms with Gasteiger partial charge in [0, 0.05) is 11.6 Å². The topological polar surface area (TPSA) is 40.6 Å². The second-order valence-electron chi connectivity index (χ2n) is 5.52. The van der Waals surface area contributed by atoms with Gasteiger partial charge in [-0.15, -0.1) is 0 Å². The molecule has 0 spiro atoms. The SMILES string of the molecule is CC1C(=O)N2CCCCC2C(=O)N1c1cc(Cl)ccc1Cl. The lowest BCUT2D eigenvalue weighted by molar-refractivity contribution is -0.147. The van der Waals surface area contributed by atoms with Gasteiger partial charge in [0.05, 0.1) is 10.7 Å². The van der Waals surface area contributed by atoms with E-state index in [0.29, 0.717) is 28.7 Å². The standard InChI is InChI=1S/C15H16Cl2N2O2/c1-9-14(20)18-7-3-2-4-12(18)15(21)19(9)13-8-10(16)5-6-11(13)17/h5-6,8-9,12H,2-4,7H2,1H3. The summed E-state index contributed by atoms with van der Waals surface area (Å²) < 4.78 is 0. The number of piperidine rings is 1. The van der Waals surface area contributed by atoms with E-state index in [4.69, 9.17) is 23.2 Å². The van der Waals surface area contributed by atoms with E-state index in [9.17, 15) is 9.59 Å². The molecule has 0 aliphatic carbocycles. The van der Waals surface area contributed by atoms with Gasteiger partial charge >= 0.3 is 0 Å². The highest BCUT2D eigenvalue weighted by molar-refractivity contribution is 6.36. The molecular formula is C15H16Cl2N2O2. The highest BCUT2D eigenvalue weighted by atomic mass is 35.5. The summed E-state index contributed by atoms with van der Waals surface area (Å²) >= 11 is 12.2. The summed E-state index contributed by atoms with van der Waals surface area (Å²) in [6, 6.07) is 4.04. The second-order valence-corrected chi connectivity index (χ2v) is 6.37. The molecule has 2 saturated heterocycles. The maximum absolute atomic E-state index is 12.8. The molecule has 2 aliphatic rings. The minimum absolute atomic E-state index is 0.0182. The van der Waals surface area contributed by atoms with Crippen molar-refractivity contribution in [3.8, 4) is 0 Å². The molecule has 112 valence electrons. The highest BCUT2D eigenvalue weighted by Crippen LogP contribution is 2.35. The molecule has 0 N–H and O–H groups in total. The fourth-order valence-corrected chi connectivity index (χ4v) is 3.53. The first-order chi connectivity index (χ1) is 10.0. The van der Waals surface area contributed by atoms with Crippen LogP contribution in [0.2, 0.25) is 10.0 Å². The number of rotatable bonds is 1. The van der Waals surface area contributed by atoms with Gasteiger partial charge in [-0.1, -0.05) is 23.2 Å². The molecule has 0 radical (unpaired) electrons. The van der Waals surface area contributed by atoms with Crippen molar-refractivity contribution in [3.05, 3.63) is 28.2 Å². The zero-order valence-corrected chi connectivity index (χ0v) is 13.2. The number of carbonyl (C=O) groups excluding carboxylic acids is 2. The van der Waals surface area contributed by atoms with Gasteiger partial charge in [-0.3, -0.25) is 14.5 Å². The van der Waals surface area contributed by atoms with E-state index in [1.807, 2.05) is 0 Å². The van der Waals surface area contributed by atoms with Gasteiger partial charge in [-0.25, -0.2) is 0 Å². The van der Waals surface area contributed by atoms with E-state index in [0.717, 1.165) is 12.8 Å². The molecule has 1 aromatic carbocycles. The van der Waals surface area contributed by atoms with Crippen LogP contribution in [0.3, 0.4) is 0 Å². The minimum atomic E-state index is -0.553. The molecule has 4 nitrogen and oxygen atoms in total. The molecular weight excluding hydrogens is 311 g/mol. The van der Waals surface area contributed by atoms with E-state index >= 15 is 0 Å². The Labute approximate surface area is 133 Å². The Morgan fingerprint density at radius 3 is 2.67 bits per heavy atom. The number of amides is 2. The monoisotopic (exact) mass is 326 g/mol. The number of carbonyl (C=O) groups is 2. The molecule has 0 saturated carbocycles. The van der Waals surface area contributed by atoms with Crippen LogP contribution in [-0.2, 0) is 9.59 Å². The molecule has 0 aromatic heterocycles. The third-order valence-electron chi connectivity index (χ3n) is 4.22. The number of fused-ring (bicyclic) bond motifs is 1. The summed E-state index contributed by atoms with van der Waals surface area (Å²) in [4.78, 5) is 28.6. The van der Waals surface area contributed by atoms with Gasteiger partial charge in [0.25, 0.3) is 5.91 Å².